The summed E-state index contributed by atoms with van der Waals surface area (Å²) in [5.74, 6) is 1.10. The Bertz CT molecular complexity index is 612. The third-order valence-electron chi connectivity index (χ3n) is 5.48. The summed E-state index contributed by atoms with van der Waals surface area (Å²) in [5.41, 5.74) is 0.955. The summed E-state index contributed by atoms with van der Waals surface area (Å²) in [5, 5.41) is 9.09. The maximum atomic E-state index is 9.09. The van der Waals surface area contributed by atoms with E-state index in [0.29, 0.717) is 11.3 Å². The van der Waals surface area contributed by atoms with E-state index < -0.39 is 0 Å². The molecule has 160 valence electrons. The van der Waals surface area contributed by atoms with E-state index in [0.717, 1.165) is 10.6 Å². The second kappa shape index (κ2) is 18.6. The van der Waals surface area contributed by atoms with E-state index in [1.807, 2.05) is 12.1 Å². The number of benzene rings is 1. The SMILES string of the molecule is [C-]#[N+]c1ccc(SCCCCCCCCCCCCCCCCCC)cc1C#N. The van der Waals surface area contributed by atoms with Gasteiger partial charge in [-0.1, -0.05) is 115 Å². The van der Waals surface area contributed by atoms with E-state index in [1.165, 1.54) is 103 Å². The van der Waals surface area contributed by atoms with Gasteiger partial charge >= 0.3 is 0 Å². The Morgan fingerprint density at radius 1 is 0.793 bits per heavy atom. The molecule has 0 bridgehead atoms. The lowest BCUT2D eigenvalue weighted by atomic mass is 10.0. The number of nitrogens with zero attached hydrogens (tertiary/aromatic N) is 2. The van der Waals surface area contributed by atoms with Crippen molar-refractivity contribution in [2.75, 3.05) is 5.75 Å². The zero-order valence-corrected chi connectivity index (χ0v) is 19.4. The first-order valence-corrected chi connectivity index (χ1v) is 12.8. The molecular weight excluding hydrogens is 372 g/mol. The van der Waals surface area contributed by atoms with Crippen molar-refractivity contribution in [3.8, 4) is 6.07 Å². The van der Waals surface area contributed by atoms with Gasteiger partial charge in [0.1, 0.15) is 0 Å². The van der Waals surface area contributed by atoms with Crippen molar-refractivity contribution in [2.45, 2.75) is 115 Å². The first-order valence-electron chi connectivity index (χ1n) is 11.9. The molecule has 1 aromatic rings. The zero-order valence-electron chi connectivity index (χ0n) is 18.6. The lowest BCUT2D eigenvalue weighted by molar-refractivity contribution is 0.531. The smallest absolute Gasteiger partial charge is 0.204 e. The minimum absolute atomic E-state index is 0.458. The summed E-state index contributed by atoms with van der Waals surface area (Å²) in [7, 11) is 0. The summed E-state index contributed by atoms with van der Waals surface area (Å²) < 4.78 is 0. The molecule has 3 heteroatoms. The monoisotopic (exact) mass is 412 g/mol. The number of thioether (sulfide) groups is 1. The summed E-state index contributed by atoms with van der Waals surface area (Å²) in [4.78, 5) is 4.49. The van der Waals surface area contributed by atoms with Crippen LogP contribution in [-0.4, -0.2) is 5.75 Å². The summed E-state index contributed by atoms with van der Waals surface area (Å²) >= 11 is 1.80. The van der Waals surface area contributed by atoms with Crippen molar-refractivity contribution in [1.29, 1.82) is 5.26 Å². The standard InChI is InChI=1S/C26H40N2S/c1-3-4-5-6-7-8-9-10-11-12-13-14-15-16-17-18-21-29-25-19-20-26(28-2)24(22-25)23-27/h19-20,22H,3-18,21H2,1H3. The highest BCUT2D eigenvalue weighted by Gasteiger charge is 2.03. The van der Waals surface area contributed by atoms with Gasteiger partial charge in [0.15, 0.2) is 0 Å². The molecule has 0 spiro atoms. The van der Waals surface area contributed by atoms with Gasteiger partial charge in [-0.2, -0.15) is 5.26 Å². The Balaban J connectivity index is 1.86. The van der Waals surface area contributed by atoms with Crippen molar-refractivity contribution in [3.63, 3.8) is 0 Å². The van der Waals surface area contributed by atoms with Crippen LogP contribution in [0.25, 0.3) is 4.85 Å². The highest BCUT2D eigenvalue weighted by atomic mass is 32.2. The fraction of sp³-hybridized carbons (Fsp3) is 0.692. The molecule has 0 aliphatic carbocycles. The minimum Gasteiger partial charge on any atom is -0.237 e. The first-order chi connectivity index (χ1) is 14.3. The molecule has 0 N–H and O–H groups in total. The van der Waals surface area contributed by atoms with Crippen LogP contribution in [0.1, 0.15) is 115 Å². The van der Waals surface area contributed by atoms with E-state index in [9.17, 15) is 0 Å². The van der Waals surface area contributed by atoms with E-state index >= 15 is 0 Å². The molecule has 0 saturated heterocycles. The average Bonchev–Trinajstić information content (AvgIpc) is 2.75. The summed E-state index contributed by atoms with van der Waals surface area (Å²) in [6.07, 6.45) is 22.4. The van der Waals surface area contributed by atoms with Crippen molar-refractivity contribution in [2.24, 2.45) is 0 Å². The van der Waals surface area contributed by atoms with E-state index in [-0.39, 0.29) is 0 Å². The van der Waals surface area contributed by atoms with Crippen LogP contribution in [0.15, 0.2) is 23.1 Å². The quantitative estimate of drug-likeness (QED) is 0.136. The van der Waals surface area contributed by atoms with Crippen molar-refractivity contribution in [1.82, 2.24) is 0 Å². The van der Waals surface area contributed by atoms with Crippen LogP contribution in [0.4, 0.5) is 5.69 Å². The lowest BCUT2D eigenvalue weighted by Crippen LogP contribution is -1.85. The van der Waals surface area contributed by atoms with Gasteiger partial charge in [0.25, 0.3) is 0 Å². The molecule has 0 unspecified atom stereocenters. The zero-order chi connectivity index (χ0) is 21.0. The fourth-order valence-corrected chi connectivity index (χ4v) is 4.58. The third kappa shape index (κ3) is 13.4. The fourth-order valence-electron chi connectivity index (χ4n) is 3.63. The Morgan fingerprint density at radius 2 is 1.28 bits per heavy atom. The molecule has 0 aliphatic heterocycles. The molecule has 0 amide bonds. The van der Waals surface area contributed by atoms with E-state index in [1.54, 1.807) is 17.8 Å². The van der Waals surface area contributed by atoms with Gasteiger partial charge in [-0.25, -0.2) is 4.85 Å². The normalized spacial score (nSPS) is 10.6. The van der Waals surface area contributed by atoms with Gasteiger partial charge in [-0.05, 0) is 18.2 Å². The predicted octanol–water partition coefficient (Wildman–Crippen LogP) is 9.46. The third-order valence-corrected chi connectivity index (χ3v) is 6.56. The number of hydrogen-bond acceptors (Lipinski definition) is 2. The Hall–Kier alpha value is -1.45. The van der Waals surface area contributed by atoms with Gasteiger partial charge in [0.2, 0.25) is 5.69 Å². The number of nitriles is 1. The van der Waals surface area contributed by atoms with Gasteiger partial charge in [-0.15, -0.1) is 11.8 Å². The Labute approximate surface area is 184 Å². The van der Waals surface area contributed by atoms with Crippen LogP contribution in [0.2, 0.25) is 0 Å². The summed E-state index contributed by atoms with van der Waals surface area (Å²) in [6, 6.07) is 7.70. The molecular formula is C26H40N2S. The van der Waals surface area contributed by atoms with Crippen LogP contribution >= 0.6 is 11.8 Å². The van der Waals surface area contributed by atoms with Crippen molar-refractivity contribution >= 4 is 17.4 Å². The Morgan fingerprint density at radius 3 is 1.72 bits per heavy atom. The molecule has 0 heterocycles. The second-order valence-electron chi connectivity index (χ2n) is 8.05. The van der Waals surface area contributed by atoms with Crippen molar-refractivity contribution < 1.29 is 0 Å². The van der Waals surface area contributed by atoms with E-state index in [2.05, 4.69) is 17.8 Å². The maximum absolute atomic E-state index is 9.09. The van der Waals surface area contributed by atoms with Gasteiger partial charge in [-0.3, -0.25) is 0 Å². The molecule has 1 rings (SSSR count). The Kier molecular flexibility index (Phi) is 16.4. The topological polar surface area (TPSA) is 28.1 Å². The molecule has 0 radical (unpaired) electrons. The highest BCUT2D eigenvalue weighted by Crippen LogP contribution is 2.26. The largest absolute Gasteiger partial charge is 0.237 e. The molecule has 0 aliphatic rings. The molecule has 1 aromatic carbocycles. The highest BCUT2D eigenvalue weighted by molar-refractivity contribution is 7.99. The summed E-state index contributed by atoms with van der Waals surface area (Å²) in [6.45, 7) is 9.35. The lowest BCUT2D eigenvalue weighted by Gasteiger charge is -2.04. The first kappa shape index (κ1) is 25.6. The van der Waals surface area contributed by atoms with Gasteiger partial charge in [0, 0.05) is 4.90 Å². The molecule has 29 heavy (non-hydrogen) atoms. The molecule has 0 aromatic heterocycles. The molecule has 2 nitrogen and oxygen atoms in total. The maximum Gasteiger partial charge on any atom is 0.204 e. The van der Waals surface area contributed by atoms with Gasteiger partial charge in [0.05, 0.1) is 18.2 Å². The van der Waals surface area contributed by atoms with Crippen LogP contribution in [-0.2, 0) is 0 Å². The molecule has 0 atom stereocenters. The molecule has 0 fully saturated rings. The van der Waals surface area contributed by atoms with Crippen LogP contribution in [0.5, 0.6) is 0 Å². The number of hydrogen-bond donors (Lipinski definition) is 0. The predicted molar refractivity (Wildman–Crippen MR) is 128 cm³/mol. The van der Waals surface area contributed by atoms with Crippen LogP contribution in [0.3, 0.4) is 0 Å². The van der Waals surface area contributed by atoms with Gasteiger partial charge < -0.3 is 0 Å². The average molecular weight is 413 g/mol. The van der Waals surface area contributed by atoms with Crippen LogP contribution < -0.4 is 0 Å². The molecule has 0 saturated carbocycles. The van der Waals surface area contributed by atoms with Crippen LogP contribution in [0, 0.1) is 17.9 Å². The van der Waals surface area contributed by atoms with Crippen molar-refractivity contribution in [3.05, 3.63) is 35.2 Å². The van der Waals surface area contributed by atoms with E-state index in [4.69, 9.17) is 11.8 Å². The number of rotatable bonds is 18. The minimum atomic E-state index is 0.458. The second-order valence-corrected chi connectivity index (χ2v) is 9.22. The number of unbranched alkanes of at least 4 members (excludes halogenated alkanes) is 15.